The summed E-state index contributed by atoms with van der Waals surface area (Å²) in [5.41, 5.74) is 8.99. The van der Waals surface area contributed by atoms with E-state index in [9.17, 15) is 10.5 Å². The normalized spacial score (nSPS) is 21.2. The van der Waals surface area contributed by atoms with Crippen molar-refractivity contribution in [3.63, 3.8) is 0 Å². The van der Waals surface area contributed by atoms with Crippen molar-refractivity contribution in [2.75, 3.05) is 24.3 Å². The van der Waals surface area contributed by atoms with Crippen LogP contribution >= 0.6 is 0 Å². The summed E-state index contributed by atoms with van der Waals surface area (Å²) in [5.74, 6) is 1.60. The van der Waals surface area contributed by atoms with Crippen molar-refractivity contribution in [1.82, 2.24) is 34.7 Å². The molecule has 3 N–H and O–H groups in total. The van der Waals surface area contributed by atoms with Gasteiger partial charge in [0.15, 0.2) is 17.8 Å². The zero-order valence-electron chi connectivity index (χ0n) is 24.2. The van der Waals surface area contributed by atoms with Crippen LogP contribution in [0.3, 0.4) is 0 Å². The molecule has 222 valence electrons. The van der Waals surface area contributed by atoms with Gasteiger partial charge in [-0.15, -0.1) is 5.10 Å². The molecule has 1 saturated carbocycles. The van der Waals surface area contributed by atoms with Gasteiger partial charge in [-0.05, 0) is 70.3 Å². The predicted molar refractivity (Wildman–Crippen MR) is 158 cm³/mol. The first kappa shape index (κ1) is 28.5. The third-order valence-electron chi connectivity index (χ3n) is 8.34. The Morgan fingerprint density at radius 3 is 2.79 bits per heavy atom. The predicted octanol–water partition coefficient (Wildman–Crippen LogP) is 4.38. The fourth-order valence-corrected chi connectivity index (χ4v) is 5.88. The van der Waals surface area contributed by atoms with Gasteiger partial charge in [-0.25, -0.2) is 14.6 Å². The molecule has 2 aliphatic rings. The Labute approximate surface area is 249 Å². The maximum atomic E-state index is 9.50. The molecule has 5 heterocycles. The number of hydrogen-bond donors (Lipinski definition) is 2. The molecule has 0 radical (unpaired) electrons. The van der Waals surface area contributed by atoms with Gasteiger partial charge >= 0.3 is 0 Å². The Bertz CT molecular complexity index is 1650. The van der Waals surface area contributed by atoms with Crippen molar-refractivity contribution in [2.45, 2.75) is 76.5 Å². The number of fused-ring (bicyclic) bond motifs is 1. The third-order valence-corrected chi connectivity index (χ3v) is 8.34. The van der Waals surface area contributed by atoms with Crippen LogP contribution in [0.25, 0.3) is 22.5 Å². The van der Waals surface area contributed by atoms with Crippen LogP contribution in [0.15, 0.2) is 30.7 Å². The number of ether oxygens (including phenoxy) is 2. The van der Waals surface area contributed by atoms with Gasteiger partial charge in [0.2, 0.25) is 0 Å². The Balaban J connectivity index is 1.16. The van der Waals surface area contributed by atoms with Crippen molar-refractivity contribution in [1.29, 1.82) is 10.5 Å². The van der Waals surface area contributed by atoms with E-state index in [1.807, 2.05) is 12.3 Å². The van der Waals surface area contributed by atoms with Gasteiger partial charge < -0.3 is 20.5 Å². The minimum Gasteiger partial charge on any atom is -0.383 e. The summed E-state index contributed by atoms with van der Waals surface area (Å²) in [6, 6.07) is 7.23. The van der Waals surface area contributed by atoms with E-state index in [-0.39, 0.29) is 17.7 Å². The van der Waals surface area contributed by atoms with Crippen LogP contribution in [0.4, 0.5) is 11.5 Å². The zero-order valence-corrected chi connectivity index (χ0v) is 24.2. The van der Waals surface area contributed by atoms with Crippen molar-refractivity contribution in [3.8, 4) is 23.6 Å². The summed E-state index contributed by atoms with van der Waals surface area (Å²) in [5, 5.41) is 36.1. The number of nitrogens with one attached hydrogen (secondary N) is 1. The minimum absolute atomic E-state index is 0.0220. The Kier molecular flexibility index (Phi) is 8.45. The Morgan fingerprint density at radius 1 is 1.16 bits per heavy atom. The van der Waals surface area contributed by atoms with Crippen molar-refractivity contribution >= 4 is 22.5 Å². The number of nitrogens with two attached hydrogens (primary N) is 1. The lowest BCUT2D eigenvalue weighted by atomic mass is 9.79. The van der Waals surface area contributed by atoms with Crippen LogP contribution in [0.2, 0.25) is 0 Å². The van der Waals surface area contributed by atoms with Gasteiger partial charge in [0.05, 0.1) is 41.6 Å². The molecule has 1 aliphatic carbocycles. The lowest BCUT2D eigenvalue weighted by molar-refractivity contribution is -0.164. The van der Waals surface area contributed by atoms with E-state index in [0.717, 1.165) is 63.9 Å². The average molecular weight is 582 g/mol. The molecule has 13 nitrogen and oxygen atoms in total. The molecular weight excluding hydrogens is 546 g/mol. The first-order valence-corrected chi connectivity index (χ1v) is 14.9. The Morgan fingerprint density at radius 2 is 2.02 bits per heavy atom. The number of hydrogen-bond acceptors (Lipinski definition) is 11. The molecule has 0 amide bonds. The molecule has 0 spiro atoms. The third kappa shape index (κ3) is 6.28. The van der Waals surface area contributed by atoms with Gasteiger partial charge in [0, 0.05) is 30.6 Å². The van der Waals surface area contributed by atoms with E-state index in [1.165, 1.54) is 6.42 Å². The second-order valence-corrected chi connectivity index (χ2v) is 11.3. The molecule has 0 bridgehead atoms. The van der Waals surface area contributed by atoms with Crippen molar-refractivity contribution in [3.05, 3.63) is 42.0 Å². The molecule has 2 atom stereocenters. The van der Waals surface area contributed by atoms with E-state index in [1.54, 1.807) is 40.8 Å². The van der Waals surface area contributed by atoms with E-state index in [4.69, 9.17) is 15.2 Å². The summed E-state index contributed by atoms with van der Waals surface area (Å²) in [6.07, 6.45) is 14.0. The summed E-state index contributed by atoms with van der Waals surface area (Å²) in [6.45, 7) is 3.34. The highest BCUT2D eigenvalue weighted by atomic mass is 16.7. The number of pyridine rings is 2. The number of nitrogens with zero attached hydrogens (tertiary/aromatic N) is 9. The fraction of sp³-hybridized carbons (Fsp3) is 0.500. The highest BCUT2D eigenvalue weighted by Gasteiger charge is 2.26. The lowest BCUT2D eigenvalue weighted by Crippen LogP contribution is -2.24. The van der Waals surface area contributed by atoms with E-state index >= 15 is 0 Å². The van der Waals surface area contributed by atoms with E-state index in [2.05, 4.69) is 36.8 Å². The maximum absolute atomic E-state index is 9.50. The first-order valence-electron chi connectivity index (χ1n) is 14.9. The van der Waals surface area contributed by atoms with Gasteiger partial charge in [0.1, 0.15) is 23.6 Å². The molecular formula is C30H35N11O2. The molecule has 1 saturated heterocycles. The van der Waals surface area contributed by atoms with Crippen LogP contribution in [-0.2, 0) is 9.47 Å². The van der Waals surface area contributed by atoms with Gasteiger partial charge in [0.25, 0.3) is 0 Å². The standard InChI is InChI=1S/C30H35N11O2/c1-19(14-31)36-24-13-27(41-30-23(16-35-41)12-22(15-32)29(33)37-30)34-17-26(24)40-18-25(38-39-40)21-7-5-20(6-8-21)9-11-43-28-4-2-3-10-42-28/h12-13,16-21,28H,2-11H2,1H3,(H2,33,37)(H,34,36)/t19-,20?,21?,28-/m1/s1. The zero-order chi connectivity index (χ0) is 29.8. The highest BCUT2D eigenvalue weighted by Crippen LogP contribution is 2.37. The van der Waals surface area contributed by atoms with E-state index < -0.39 is 6.04 Å². The minimum atomic E-state index is -0.470. The summed E-state index contributed by atoms with van der Waals surface area (Å²) >= 11 is 0. The number of nitrogen functional groups attached to an aromatic ring is 1. The largest absolute Gasteiger partial charge is 0.383 e. The first-order chi connectivity index (χ1) is 21.0. The van der Waals surface area contributed by atoms with Gasteiger partial charge in [-0.3, -0.25) is 0 Å². The number of rotatable bonds is 9. The highest BCUT2D eigenvalue weighted by molar-refractivity contribution is 5.80. The molecule has 2 fully saturated rings. The number of nitriles is 2. The summed E-state index contributed by atoms with van der Waals surface area (Å²) in [4.78, 5) is 9.00. The van der Waals surface area contributed by atoms with Crippen LogP contribution in [0, 0.1) is 28.6 Å². The lowest BCUT2D eigenvalue weighted by Gasteiger charge is -2.28. The van der Waals surface area contributed by atoms with Crippen LogP contribution in [0.1, 0.15) is 75.5 Å². The smallest absolute Gasteiger partial charge is 0.167 e. The molecule has 6 rings (SSSR count). The molecule has 43 heavy (non-hydrogen) atoms. The average Bonchev–Trinajstić information content (AvgIpc) is 3.69. The molecule has 0 aromatic carbocycles. The van der Waals surface area contributed by atoms with Crippen LogP contribution in [-0.4, -0.2) is 60.3 Å². The van der Waals surface area contributed by atoms with Gasteiger partial charge in [-0.2, -0.15) is 20.3 Å². The Hall–Kier alpha value is -4.59. The summed E-state index contributed by atoms with van der Waals surface area (Å²) < 4.78 is 14.9. The van der Waals surface area contributed by atoms with Crippen molar-refractivity contribution in [2.24, 2.45) is 5.92 Å². The second kappa shape index (κ2) is 12.7. The van der Waals surface area contributed by atoms with Crippen molar-refractivity contribution < 1.29 is 9.47 Å². The second-order valence-electron chi connectivity index (χ2n) is 11.3. The van der Waals surface area contributed by atoms with Crippen LogP contribution < -0.4 is 11.1 Å². The van der Waals surface area contributed by atoms with E-state index in [0.29, 0.717) is 40.1 Å². The van der Waals surface area contributed by atoms with Crippen LogP contribution in [0.5, 0.6) is 0 Å². The molecule has 13 heteroatoms. The topological polar surface area (TPSA) is 178 Å². The molecule has 0 unspecified atom stereocenters. The van der Waals surface area contributed by atoms with Gasteiger partial charge in [-0.1, -0.05) is 5.21 Å². The monoisotopic (exact) mass is 581 g/mol. The summed E-state index contributed by atoms with van der Waals surface area (Å²) in [7, 11) is 0. The maximum Gasteiger partial charge on any atom is 0.167 e. The molecule has 1 aliphatic heterocycles. The number of anilines is 2. The fourth-order valence-electron chi connectivity index (χ4n) is 5.88. The SMILES string of the molecule is C[C@H](C#N)Nc1cc(-n2ncc3cc(C#N)c(N)nc32)ncc1-n1cc(C2CCC(CCO[C@@H]3CCCCO3)CC2)nn1. The molecule has 4 aromatic heterocycles. The number of aromatic nitrogens is 7. The quantitative estimate of drug-likeness (QED) is 0.286. The molecule has 4 aromatic rings.